The molecule has 1 amide bonds. The maximum absolute atomic E-state index is 11.5. The van der Waals surface area contributed by atoms with Gasteiger partial charge in [0.2, 0.25) is 0 Å². The molecule has 0 heterocycles. The van der Waals surface area contributed by atoms with E-state index in [1.807, 2.05) is 20.8 Å². The van der Waals surface area contributed by atoms with Gasteiger partial charge < -0.3 is 61.8 Å². The lowest BCUT2D eigenvalue weighted by Gasteiger charge is -2.36. The standard InChI is InChI=1S/C33H69NO13Si/c1-32(2,3)47-31(35)34-9-10-36-11-12-37-13-14-38-15-16-39-17-18-40-19-20-41-21-22-42-23-24-43-25-26-44-27-28-45-29-30-46-48(7,8)33(4,5)6/h9-30H2,1-8H3,(H,34,35). The van der Waals surface area contributed by atoms with Crippen LogP contribution in [0.2, 0.25) is 18.1 Å². The summed E-state index contributed by atoms with van der Waals surface area (Å²) in [5.74, 6) is 0. The number of alkyl carbamates (subject to hydrolysis) is 1. The molecule has 0 aliphatic carbocycles. The highest BCUT2D eigenvalue weighted by Gasteiger charge is 2.36. The molecule has 0 spiro atoms. The predicted octanol–water partition coefficient (Wildman–Crippen LogP) is 3.70. The molecule has 0 unspecified atom stereocenters. The summed E-state index contributed by atoms with van der Waals surface area (Å²) in [5.41, 5.74) is -0.511. The molecule has 14 nitrogen and oxygen atoms in total. The molecule has 0 aromatic heterocycles. The Morgan fingerprint density at radius 2 is 0.688 bits per heavy atom. The van der Waals surface area contributed by atoms with E-state index in [1.165, 1.54) is 0 Å². The van der Waals surface area contributed by atoms with Gasteiger partial charge in [-0.3, -0.25) is 0 Å². The molecule has 1 N–H and O–H groups in total. The van der Waals surface area contributed by atoms with Crippen molar-refractivity contribution in [2.45, 2.75) is 65.3 Å². The van der Waals surface area contributed by atoms with Crippen molar-refractivity contribution >= 4 is 14.4 Å². The summed E-state index contributed by atoms with van der Waals surface area (Å²) in [6, 6.07) is 0. The smallest absolute Gasteiger partial charge is 0.407 e. The molecule has 288 valence electrons. The van der Waals surface area contributed by atoms with Gasteiger partial charge >= 0.3 is 6.09 Å². The topological polar surface area (TPSA) is 140 Å². The molecule has 0 saturated heterocycles. The van der Waals surface area contributed by atoms with Gasteiger partial charge in [0.25, 0.3) is 0 Å². The van der Waals surface area contributed by atoms with Gasteiger partial charge in [0.1, 0.15) is 5.60 Å². The van der Waals surface area contributed by atoms with E-state index < -0.39 is 20.0 Å². The van der Waals surface area contributed by atoms with Gasteiger partial charge in [0.15, 0.2) is 8.32 Å². The van der Waals surface area contributed by atoms with Crippen LogP contribution >= 0.6 is 0 Å². The molecule has 0 aliphatic heterocycles. The number of ether oxygens (including phenoxy) is 11. The van der Waals surface area contributed by atoms with Crippen LogP contribution in [0.4, 0.5) is 4.79 Å². The molecule has 0 rings (SSSR count). The van der Waals surface area contributed by atoms with Gasteiger partial charge in [-0.15, -0.1) is 0 Å². The van der Waals surface area contributed by atoms with Gasteiger partial charge in [-0.05, 0) is 38.9 Å². The van der Waals surface area contributed by atoms with Crippen LogP contribution < -0.4 is 5.32 Å². The summed E-state index contributed by atoms with van der Waals surface area (Å²) in [4.78, 5) is 11.5. The first-order valence-corrected chi connectivity index (χ1v) is 20.1. The second-order valence-electron chi connectivity index (χ2n) is 13.2. The van der Waals surface area contributed by atoms with Crippen LogP contribution in [-0.4, -0.2) is 165 Å². The summed E-state index contributed by atoms with van der Waals surface area (Å²) in [6.07, 6.45) is -0.451. The highest BCUT2D eigenvalue weighted by atomic mass is 28.4. The minimum atomic E-state index is -1.70. The Morgan fingerprint density at radius 1 is 0.438 bits per heavy atom. The zero-order valence-corrected chi connectivity index (χ0v) is 32.4. The van der Waals surface area contributed by atoms with Gasteiger partial charge in [-0.25, -0.2) is 4.79 Å². The molecular weight excluding hydrogens is 646 g/mol. The lowest BCUT2D eigenvalue weighted by atomic mass is 10.2. The van der Waals surface area contributed by atoms with E-state index in [4.69, 9.17) is 56.5 Å². The average Bonchev–Trinajstić information content (AvgIpc) is 2.99. The van der Waals surface area contributed by atoms with Crippen molar-refractivity contribution < 1.29 is 61.3 Å². The van der Waals surface area contributed by atoms with Crippen molar-refractivity contribution in [1.29, 1.82) is 0 Å². The third kappa shape index (κ3) is 33.5. The molecule has 0 atom stereocenters. The molecule has 0 aromatic carbocycles. The van der Waals surface area contributed by atoms with Crippen LogP contribution in [0.1, 0.15) is 41.5 Å². The maximum Gasteiger partial charge on any atom is 0.407 e. The van der Waals surface area contributed by atoms with Crippen LogP contribution in [0.15, 0.2) is 0 Å². The maximum atomic E-state index is 11.5. The zero-order valence-electron chi connectivity index (χ0n) is 31.4. The van der Waals surface area contributed by atoms with Crippen molar-refractivity contribution in [3.8, 4) is 0 Å². The number of carbonyl (C=O) groups is 1. The summed E-state index contributed by atoms with van der Waals surface area (Å²) in [7, 11) is -1.70. The highest BCUT2D eigenvalue weighted by molar-refractivity contribution is 6.74. The Balaban J connectivity index is 3.16. The fraction of sp³-hybridized carbons (Fsp3) is 0.970. The first-order chi connectivity index (χ1) is 22.9. The van der Waals surface area contributed by atoms with E-state index in [0.717, 1.165) is 0 Å². The van der Waals surface area contributed by atoms with Crippen molar-refractivity contribution in [2.75, 3.05) is 145 Å². The molecular formula is C33H69NO13Si. The van der Waals surface area contributed by atoms with E-state index in [1.54, 1.807) is 0 Å². The van der Waals surface area contributed by atoms with E-state index in [-0.39, 0.29) is 5.04 Å². The molecule has 0 bridgehead atoms. The second kappa shape index (κ2) is 30.8. The van der Waals surface area contributed by atoms with Gasteiger partial charge in [0.05, 0.1) is 139 Å². The van der Waals surface area contributed by atoms with Crippen molar-refractivity contribution in [1.82, 2.24) is 5.32 Å². The lowest BCUT2D eigenvalue weighted by molar-refractivity contribution is -0.0267. The van der Waals surface area contributed by atoms with E-state index in [9.17, 15) is 4.79 Å². The van der Waals surface area contributed by atoms with Gasteiger partial charge in [-0.2, -0.15) is 0 Å². The van der Waals surface area contributed by atoms with Crippen LogP contribution in [0.3, 0.4) is 0 Å². The van der Waals surface area contributed by atoms with E-state index in [0.29, 0.717) is 145 Å². The zero-order chi connectivity index (χ0) is 35.8. The number of hydrogen-bond acceptors (Lipinski definition) is 13. The third-order valence-electron chi connectivity index (χ3n) is 6.76. The molecule has 0 saturated carbocycles. The minimum Gasteiger partial charge on any atom is -0.444 e. The largest absolute Gasteiger partial charge is 0.444 e. The molecule has 15 heteroatoms. The van der Waals surface area contributed by atoms with Crippen molar-refractivity contribution in [3.05, 3.63) is 0 Å². The Kier molecular flexibility index (Phi) is 30.2. The summed E-state index contributed by atoms with van der Waals surface area (Å²) in [6.45, 7) is 27.6. The van der Waals surface area contributed by atoms with Gasteiger partial charge in [0, 0.05) is 6.54 Å². The Bertz CT molecular complexity index is 721. The molecule has 0 aromatic rings. The first kappa shape index (κ1) is 47.0. The Morgan fingerprint density at radius 3 is 0.938 bits per heavy atom. The lowest BCUT2D eigenvalue weighted by Crippen LogP contribution is -2.41. The molecule has 0 aliphatic rings. The quantitative estimate of drug-likeness (QED) is 0.0766. The summed E-state index contributed by atoms with van der Waals surface area (Å²) < 4.78 is 66.0. The monoisotopic (exact) mass is 715 g/mol. The Labute approximate surface area is 291 Å². The van der Waals surface area contributed by atoms with Crippen LogP contribution in [0.5, 0.6) is 0 Å². The van der Waals surface area contributed by atoms with E-state index >= 15 is 0 Å². The van der Waals surface area contributed by atoms with Crippen LogP contribution in [-0.2, 0) is 56.5 Å². The predicted molar refractivity (Wildman–Crippen MR) is 186 cm³/mol. The normalized spacial score (nSPS) is 12.5. The molecule has 0 radical (unpaired) electrons. The second-order valence-corrected chi connectivity index (χ2v) is 18.0. The molecule has 0 fully saturated rings. The number of carbonyl (C=O) groups excluding carboxylic acids is 1. The minimum absolute atomic E-state index is 0.214. The number of amides is 1. The summed E-state index contributed by atoms with van der Waals surface area (Å²) >= 11 is 0. The number of hydrogen-bond donors (Lipinski definition) is 1. The fourth-order valence-corrected chi connectivity index (χ4v) is 4.22. The SMILES string of the molecule is CC(C)(C)OC(=O)NCCOCCOCCOCCOCCOCCOCCOCCOCCOCCOCCO[Si](C)(C)C(C)(C)C. The fourth-order valence-electron chi connectivity index (χ4n) is 3.19. The van der Waals surface area contributed by atoms with Crippen LogP contribution in [0, 0.1) is 0 Å². The average molecular weight is 716 g/mol. The highest BCUT2D eigenvalue weighted by Crippen LogP contribution is 2.36. The molecule has 48 heavy (non-hydrogen) atoms. The van der Waals surface area contributed by atoms with Crippen molar-refractivity contribution in [2.24, 2.45) is 0 Å². The Hall–Kier alpha value is -0.953. The third-order valence-corrected chi connectivity index (χ3v) is 11.3. The first-order valence-electron chi connectivity index (χ1n) is 17.2. The number of nitrogens with one attached hydrogen (secondary N) is 1. The van der Waals surface area contributed by atoms with Gasteiger partial charge in [-0.1, -0.05) is 20.8 Å². The van der Waals surface area contributed by atoms with E-state index in [2.05, 4.69) is 39.2 Å². The van der Waals surface area contributed by atoms with Crippen LogP contribution in [0.25, 0.3) is 0 Å². The summed E-state index contributed by atoms with van der Waals surface area (Å²) in [5, 5.41) is 2.84. The number of rotatable bonds is 34. The van der Waals surface area contributed by atoms with Crippen molar-refractivity contribution in [3.63, 3.8) is 0 Å².